The van der Waals surface area contributed by atoms with E-state index < -0.39 is 0 Å². The van der Waals surface area contributed by atoms with Gasteiger partial charge in [-0.15, -0.1) is 0 Å². The number of carbonyl (C=O) groups excluding carboxylic acids is 1. The van der Waals surface area contributed by atoms with Crippen molar-refractivity contribution in [2.75, 3.05) is 18.4 Å². The van der Waals surface area contributed by atoms with Gasteiger partial charge in [0.25, 0.3) is 0 Å². The molecule has 1 amide bonds. The molecule has 1 atom stereocenters. The maximum atomic E-state index is 12.9. The Balaban J connectivity index is 1.66. The Morgan fingerprint density at radius 1 is 1.19 bits per heavy atom. The molecule has 0 radical (unpaired) electrons. The Labute approximate surface area is 161 Å². The fourth-order valence-electron chi connectivity index (χ4n) is 3.88. The van der Waals surface area contributed by atoms with Gasteiger partial charge < -0.3 is 5.32 Å². The van der Waals surface area contributed by atoms with Gasteiger partial charge in [0.2, 0.25) is 5.91 Å². The average molecular weight is 371 g/mol. The summed E-state index contributed by atoms with van der Waals surface area (Å²) in [6, 6.07) is 12.2. The van der Waals surface area contributed by atoms with Crippen molar-refractivity contribution in [2.24, 2.45) is 5.92 Å². The molecular formula is C22H27ClN2O. The van der Waals surface area contributed by atoms with Crippen LogP contribution in [0.2, 0.25) is 5.02 Å². The van der Waals surface area contributed by atoms with Crippen LogP contribution in [0.3, 0.4) is 0 Å². The van der Waals surface area contributed by atoms with Crippen LogP contribution in [0.15, 0.2) is 36.4 Å². The van der Waals surface area contributed by atoms with Crippen molar-refractivity contribution in [1.29, 1.82) is 0 Å². The lowest BCUT2D eigenvalue weighted by molar-refractivity contribution is -0.121. The second-order valence-corrected chi connectivity index (χ2v) is 7.84. The maximum absolute atomic E-state index is 12.9. The van der Waals surface area contributed by atoms with Gasteiger partial charge in [-0.1, -0.05) is 47.5 Å². The van der Waals surface area contributed by atoms with Gasteiger partial charge in [-0.25, -0.2) is 0 Å². The van der Waals surface area contributed by atoms with Crippen molar-refractivity contribution in [3.8, 4) is 0 Å². The molecule has 0 saturated carbocycles. The molecule has 1 saturated heterocycles. The number of amides is 1. The summed E-state index contributed by atoms with van der Waals surface area (Å²) in [5, 5.41) is 3.98. The van der Waals surface area contributed by atoms with Crippen LogP contribution in [0.5, 0.6) is 0 Å². The minimum Gasteiger partial charge on any atom is -0.325 e. The van der Waals surface area contributed by atoms with Crippen LogP contribution < -0.4 is 5.32 Å². The molecule has 4 heteroatoms. The number of halogens is 1. The van der Waals surface area contributed by atoms with Crippen molar-refractivity contribution >= 4 is 23.2 Å². The number of hydrogen-bond acceptors (Lipinski definition) is 2. The van der Waals surface area contributed by atoms with Crippen LogP contribution in [0.4, 0.5) is 5.69 Å². The first-order valence-corrected chi connectivity index (χ1v) is 9.66. The van der Waals surface area contributed by atoms with E-state index in [-0.39, 0.29) is 11.8 Å². The van der Waals surface area contributed by atoms with Gasteiger partial charge in [0.05, 0.1) is 5.92 Å². The summed E-state index contributed by atoms with van der Waals surface area (Å²) in [4.78, 5) is 15.2. The smallest absolute Gasteiger partial charge is 0.228 e. The van der Waals surface area contributed by atoms with E-state index in [1.54, 1.807) is 0 Å². The topological polar surface area (TPSA) is 32.3 Å². The van der Waals surface area contributed by atoms with Crippen LogP contribution in [-0.4, -0.2) is 23.9 Å². The van der Waals surface area contributed by atoms with Crippen molar-refractivity contribution in [1.82, 2.24) is 4.90 Å². The normalized spacial score (nSPS) is 17.9. The van der Waals surface area contributed by atoms with Gasteiger partial charge in [0, 0.05) is 23.8 Å². The highest BCUT2D eigenvalue weighted by Crippen LogP contribution is 2.26. The summed E-state index contributed by atoms with van der Waals surface area (Å²) < 4.78 is 0. The molecule has 0 aromatic heterocycles. The number of nitrogens with zero attached hydrogens (tertiary/aromatic N) is 1. The van der Waals surface area contributed by atoms with Gasteiger partial charge >= 0.3 is 0 Å². The molecule has 1 N–H and O–H groups in total. The van der Waals surface area contributed by atoms with Crippen molar-refractivity contribution in [3.63, 3.8) is 0 Å². The van der Waals surface area contributed by atoms with Gasteiger partial charge in [-0.2, -0.15) is 0 Å². The first kappa shape index (κ1) is 18.9. The van der Waals surface area contributed by atoms with Crippen LogP contribution in [0.1, 0.15) is 35.1 Å². The van der Waals surface area contributed by atoms with E-state index in [2.05, 4.69) is 49.2 Å². The molecule has 0 bridgehead atoms. The molecule has 2 aromatic carbocycles. The highest BCUT2D eigenvalue weighted by Gasteiger charge is 2.26. The molecule has 1 heterocycles. The van der Waals surface area contributed by atoms with E-state index >= 15 is 0 Å². The van der Waals surface area contributed by atoms with Gasteiger partial charge in [-0.05, 0) is 62.9 Å². The molecule has 1 fully saturated rings. The molecule has 26 heavy (non-hydrogen) atoms. The number of nitrogens with one attached hydrogen (secondary N) is 1. The fraction of sp³-hybridized carbons (Fsp3) is 0.409. The van der Waals surface area contributed by atoms with E-state index in [1.807, 2.05) is 18.2 Å². The molecule has 0 unspecified atom stereocenters. The van der Waals surface area contributed by atoms with Crippen LogP contribution in [0.25, 0.3) is 0 Å². The predicted molar refractivity (Wildman–Crippen MR) is 109 cm³/mol. The average Bonchev–Trinajstić information content (AvgIpc) is 2.60. The minimum atomic E-state index is 0.0198. The lowest BCUT2D eigenvalue weighted by Crippen LogP contribution is -2.40. The molecule has 1 aliphatic heterocycles. The number of piperidine rings is 1. The number of rotatable bonds is 4. The van der Waals surface area contributed by atoms with E-state index in [9.17, 15) is 4.79 Å². The third kappa shape index (κ3) is 4.46. The van der Waals surface area contributed by atoms with E-state index in [0.29, 0.717) is 0 Å². The number of carbonyl (C=O) groups is 1. The Morgan fingerprint density at radius 2 is 1.88 bits per heavy atom. The van der Waals surface area contributed by atoms with Gasteiger partial charge in [0.1, 0.15) is 0 Å². The minimum absolute atomic E-state index is 0.0198. The standard InChI is InChI=1S/C22H27ClN2O/c1-15-11-16(2)21(17(3)12-15)24-22(26)19-8-6-10-25(14-19)13-18-7-4-5-9-20(18)23/h4-5,7,9,11-12,19H,6,8,10,13-14H2,1-3H3,(H,24,26)/t19-/m0/s1. The first-order chi connectivity index (χ1) is 12.4. The monoisotopic (exact) mass is 370 g/mol. The van der Waals surface area contributed by atoms with Crippen LogP contribution in [-0.2, 0) is 11.3 Å². The first-order valence-electron chi connectivity index (χ1n) is 9.28. The number of likely N-dealkylation sites (tertiary alicyclic amines) is 1. The fourth-order valence-corrected chi connectivity index (χ4v) is 4.08. The zero-order valence-electron chi connectivity index (χ0n) is 15.8. The van der Waals surface area contributed by atoms with Crippen LogP contribution >= 0.6 is 11.6 Å². The summed E-state index contributed by atoms with van der Waals surface area (Å²) in [6.45, 7) is 8.78. The second kappa shape index (κ2) is 8.24. The lowest BCUT2D eigenvalue weighted by Gasteiger charge is -2.32. The molecule has 3 nitrogen and oxygen atoms in total. The van der Waals surface area contributed by atoms with Crippen molar-refractivity contribution in [2.45, 2.75) is 40.2 Å². The molecule has 0 spiro atoms. The molecule has 1 aliphatic rings. The second-order valence-electron chi connectivity index (χ2n) is 7.43. The van der Waals surface area contributed by atoms with Crippen molar-refractivity contribution in [3.05, 3.63) is 63.7 Å². The number of aryl methyl sites for hydroxylation is 3. The van der Waals surface area contributed by atoms with E-state index in [1.165, 1.54) is 5.56 Å². The predicted octanol–water partition coefficient (Wildman–Crippen LogP) is 5.12. The third-order valence-electron chi connectivity index (χ3n) is 5.15. The Bertz CT molecular complexity index is 779. The van der Waals surface area contributed by atoms with Crippen LogP contribution in [0, 0.1) is 26.7 Å². The van der Waals surface area contributed by atoms with Crippen molar-refractivity contribution < 1.29 is 4.79 Å². The molecular weight excluding hydrogens is 344 g/mol. The summed E-state index contributed by atoms with van der Waals surface area (Å²) >= 11 is 6.29. The Morgan fingerprint density at radius 3 is 2.58 bits per heavy atom. The molecule has 138 valence electrons. The lowest BCUT2D eigenvalue weighted by atomic mass is 9.96. The maximum Gasteiger partial charge on any atom is 0.228 e. The molecule has 3 rings (SSSR count). The Kier molecular flexibility index (Phi) is 6.00. The van der Waals surface area contributed by atoms with E-state index in [0.717, 1.165) is 59.9 Å². The summed E-state index contributed by atoms with van der Waals surface area (Å²) in [6.07, 6.45) is 1.98. The number of anilines is 1. The summed E-state index contributed by atoms with van der Waals surface area (Å²) in [5.74, 6) is 0.148. The zero-order valence-corrected chi connectivity index (χ0v) is 16.6. The highest BCUT2D eigenvalue weighted by molar-refractivity contribution is 6.31. The summed E-state index contributed by atoms with van der Waals surface area (Å²) in [7, 11) is 0. The van der Waals surface area contributed by atoms with Gasteiger partial charge in [0.15, 0.2) is 0 Å². The Hall–Kier alpha value is -1.84. The zero-order chi connectivity index (χ0) is 18.7. The molecule has 0 aliphatic carbocycles. The number of benzene rings is 2. The van der Waals surface area contributed by atoms with Gasteiger partial charge in [-0.3, -0.25) is 9.69 Å². The SMILES string of the molecule is Cc1cc(C)c(NC(=O)[C@H]2CCCN(Cc3ccccc3Cl)C2)c(C)c1. The molecule has 2 aromatic rings. The number of hydrogen-bond donors (Lipinski definition) is 1. The quantitative estimate of drug-likeness (QED) is 0.810. The summed E-state index contributed by atoms with van der Waals surface area (Å²) in [5.41, 5.74) is 5.56. The largest absolute Gasteiger partial charge is 0.325 e. The van der Waals surface area contributed by atoms with E-state index in [4.69, 9.17) is 11.6 Å². The third-order valence-corrected chi connectivity index (χ3v) is 5.52. The highest BCUT2D eigenvalue weighted by atomic mass is 35.5.